The van der Waals surface area contributed by atoms with Gasteiger partial charge in [-0.1, -0.05) is 72.8 Å². The van der Waals surface area contributed by atoms with Crippen LogP contribution in [-0.4, -0.2) is 17.1 Å². The van der Waals surface area contributed by atoms with Crippen LogP contribution in [0.3, 0.4) is 0 Å². The summed E-state index contributed by atoms with van der Waals surface area (Å²) in [6.07, 6.45) is 0.157. The summed E-state index contributed by atoms with van der Waals surface area (Å²) in [5, 5.41) is 9.42. The molecular formula is C24H24BrNO3. The van der Waals surface area contributed by atoms with Crippen LogP contribution in [0.5, 0.6) is 5.75 Å². The van der Waals surface area contributed by atoms with Gasteiger partial charge in [0.1, 0.15) is 11.9 Å². The van der Waals surface area contributed by atoms with Crippen LogP contribution in [-0.2, 0) is 4.79 Å². The van der Waals surface area contributed by atoms with Crippen molar-refractivity contribution in [2.75, 3.05) is 0 Å². The average molecular weight is 454 g/mol. The summed E-state index contributed by atoms with van der Waals surface area (Å²) >= 11 is 3.53. The molecule has 3 atom stereocenters. The summed E-state index contributed by atoms with van der Waals surface area (Å²) in [4.78, 5) is 11.5. The minimum Gasteiger partial charge on any atom is -0.484 e. The first-order valence-electron chi connectivity index (χ1n) is 9.53. The van der Waals surface area contributed by atoms with Crippen molar-refractivity contribution in [1.82, 2.24) is 0 Å². The molecule has 0 amide bonds. The molecule has 3 aromatic rings. The first-order valence-corrected chi connectivity index (χ1v) is 10.3. The van der Waals surface area contributed by atoms with E-state index >= 15 is 0 Å². The summed E-state index contributed by atoms with van der Waals surface area (Å²) in [6, 6.07) is 26.8. The standard InChI is InChI=1S/C24H24BrNO3/c25-20-13-7-8-14-22(20)29-23(18-11-5-2-6-12-18)16-21(26)19(15-24(27)28)17-9-3-1-4-10-17/h1-14,19,21,23H,15-16,26H2,(H,27,28). The molecule has 0 aliphatic rings. The van der Waals surface area contributed by atoms with Gasteiger partial charge in [-0.15, -0.1) is 0 Å². The Morgan fingerprint density at radius 3 is 2.03 bits per heavy atom. The van der Waals surface area contributed by atoms with E-state index in [1.807, 2.05) is 84.9 Å². The quantitative estimate of drug-likeness (QED) is 0.445. The largest absolute Gasteiger partial charge is 0.484 e. The Morgan fingerprint density at radius 1 is 0.897 bits per heavy atom. The fourth-order valence-electron chi connectivity index (χ4n) is 3.43. The number of aliphatic carboxylic acids is 1. The van der Waals surface area contributed by atoms with Crippen LogP contribution in [0.25, 0.3) is 0 Å². The number of hydrogen-bond donors (Lipinski definition) is 2. The third kappa shape index (κ3) is 5.92. The van der Waals surface area contributed by atoms with Gasteiger partial charge in [-0.05, 0) is 39.2 Å². The van der Waals surface area contributed by atoms with Gasteiger partial charge in [0, 0.05) is 18.4 Å². The second kappa shape index (κ2) is 10.2. The van der Waals surface area contributed by atoms with Gasteiger partial charge in [-0.3, -0.25) is 4.79 Å². The normalized spacial score (nSPS) is 14.0. The molecule has 3 rings (SSSR count). The molecule has 3 unspecified atom stereocenters. The first-order chi connectivity index (χ1) is 14.0. The topological polar surface area (TPSA) is 72.5 Å². The SMILES string of the molecule is NC(CC(Oc1ccccc1Br)c1ccccc1)C(CC(=O)O)c1ccccc1. The summed E-state index contributed by atoms with van der Waals surface area (Å²) in [6.45, 7) is 0. The third-order valence-electron chi connectivity index (χ3n) is 4.90. The molecule has 3 aromatic carbocycles. The molecule has 0 heterocycles. The van der Waals surface area contributed by atoms with Crippen molar-refractivity contribution in [3.8, 4) is 5.75 Å². The van der Waals surface area contributed by atoms with Gasteiger partial charge in [0.2, 0.25) is 0 Å². The smallest absolute Gasteiger partial charge is 0.304 e. The highest BCUT2D eigenvalue weighted by Gasteiger charge is 2.27. The lowest BCUT2D eigenvalue weighted by atomic mass is 9.85. The molecule has 3 N–H and O–H groups in total. The van der Waals surface area contributed by atoms with Crippen molar-refractivity contribution < 1.29 is 14.6 Å². The van der Waals surface area contributed by atoms with E-state index in [0.717, 1.165) is 21.3 Å². The molecule has 29 heavy (non-hydrogen) atoms. The van der Waals surface area contributed by atoms with E-state index in [1.54, 1.807) is 0 Å². The number of carboxylic acids is 1. The Hall–Kier alpha value is -2.63. The van der Waals surface area contributed by atoms with Gasteiger partial charge < -0.3 is 15.6 Å². The first kappa shape index (κ1) is 21.1. The van der Waals surface area contributed by atoms with Gasteiger partial charge in [0.25, 0.3) is 0 Å². The average Bonchev–Trinajstić information content (AvgIpc) is 2.74. The van der Waals surface area contributed by atoms with Crippen molar-refractivity contribution in [1.29, 1.82) is 0 Å². The Kier molecular flexibility index (Phi) is 7.44. The Balaban J connectivity index is 1.87. The number of hydrogen-bond acceptors (Lipinski definition) is 3. The number of carbonyl (C=O) groups is 1. The molecule has 0 radical (unpaired) electrons. The molecule has 0 bridgehead atoms. The lowest BCUT2D eigenvalue weighted by molar-refractivity contribution is -0.137. The maximum atomic E-state index is 11.5. The van der Waals surface area contributed by atoms with Gasteiger partial charge >= 0.3 is 5.97 Å². The van der Waals surface area contributed by atoms with Crippen LogP contribution < -0.4 is 10.5 Å². The van der Waals surface area contributed by atoms with E-state index < -0.39 is 5.97 Å². The van der Waals surface area contributed by atoms with Gasteiger partial charge in [-0.2, -0.15) is 0 Å². The molecule has 0 aliphatic heterocycles. The number of benzene rings is 3. The molecule has 0 fully saturated rings. The van der Waals surface area contributed by atoms with Crippen LogP contribution in [0.4, 0.5) is 0 Å². The van der Waals surface area contributed by atoms with E-state index in [0.29, 0.717) is 6.42 Å². The number of ether oxygens (including phenoxy) is 1. The molecule has 0 saturated carbocycles. The zero-order chi connectivity index (χ0) is 20.6. The number of para-hydroxylation sites is 1. The maximum Gasteiger partial charge on any atom is 0.304 e. The van der Waals surface area contributed by atoms with Crippen molar-refractivity contribution >= 4 is 21.9 Å². The minimum absolute atomic E-state index is 0.0261. The number of rotatable bonds is 9. The Bertz CT molecular complexity index is 918. The second-order valence-electron chi connectivity index (χ2n) is 6.96. The van der Waals surface area contributed by atoms with Crippen LogP contribution in [0, 0.1) is 0 Å². The zero-order valence-corrected chi connectivity index (χ0v) is 17.5. The monoisotopic (exact) mass is 453 g/mol. The third-order valence-corrected chi connectivity index (χ3v) is 5.56. The molecule has 0 aromatic heterocycles. The fourth-order valence-corrected chi connectivity index (χ4v) is 3.81. The van der Waals surface area contributed by atoms with E-state index in [2.05, 4.69) is 15.9 Å². The van der Waals surface area contributed by atoms with Crippen molar-refractivity contribution in [2.45, 2.75) is 30.9 Å². The molecule has 0 spiro atoms. The minimum atomic E-state index is -0.864. The Morgan fingerprint density at radius 2 is 1.45 bits per heavy atom. The van der Waals surface area contributed by atoms with Gasteiger partial charge in [0.15, 0.2) is 0 Å². The predicted octanol–water partition coefficient (Wildman–Crippen LogP) is 5.55. The number of nitrogens with two attached hydrogens (primary N) is 1. The lowest BCUT2D eigenvalue weighted by Crippen LogP contribution is -2.33. The van der Waals surface area contributed by atoms with Gasteiger partial charge in [0.05, 0.1) is 10.9 Å². The van der Waals surface area contributed by atoms with Crippen molar-refractivity contribution in [3.63, 3.8) is 0 Å². The van der Waals surface area contributed by atoms with E-state index in [4.69, 9.17) is 10.5 Å². The van der Waals surface area contributed by atoms with Crippen LogP contribution >= 0.6 is 15.9 Å². The zero-order valence-electron chi connectivity index (χ0n) is 15.9. The molecule has 4 nitrogen and oxygen atoms in total. The highest BCUT2D eigenvalue weighted by molar-refractivity contribution is 9.10. The van der Waals surface area contributed by atoms with E-state index in [-0.39, 0.29) is 24.5 Å². The number of carboxylic acid groups (broad SMARTS) is 1. The highest BCUT2D eigenvalue weighted by Crippen LogP contribution is 2.34. The molecule has 5 heteroatoms. The number of halogens is 1. The van der Waals surface area contributed by atoms with Gasteiger partial charge in [-0.25, -0.2) is 0 Å². The summed E-state index contributed by atoms with van der Waals surface area (Å²) in [5.74, 6) is -0.442. The Labute approximate surface area is 179 Å². The highest BCUT2D eigenvalue weighted by atomic mass is 79.9. The second-order valence-corrected chi connectivity index (χ2v) is 7.82. The molecule has 150 valence electrons. The van der Waals surface area contributed by atoms with E-state index in [9.17, 15) is 9.90 Å². The van der Waals surface area contributed by atoms with Crippen LogP contribution in [0.15, 0.2) is 89.4 Å². The molecule has 0 saturated heterocycles. The maximum absolute atomic E-state index is 11.5. The summed E-state index contributed by atoms with van der Waals surface area (Å²) in [7, 11) is 0. The fraction of sp³-hybridized carbons (Fsp3) is 0.208. The van der Waals surface area contributed by atoms with Crippen LogP contribution in [0.2, 0.25) is 0 Å². The molecular weight excluding hydrogens is 430 g/mol. The summed E-state index contributed by atoms with van der Waals surface area (Å²) in [5.41, 5.74) is 8.50. The van der Waals surface area contributed by atoms with Crippen molar-refractivity contribution in [2.24, 2.45) is 5.73 Å². The summed E-state index contributed by atoms with van der Waals surface area (Å²) < 4.78 is 7.18. The van der Waals surface area contributed by atoms with Crippen molar-refractivity contribution in [3.05, 3.63) is 101 Å². The van der Waals surface area contributed by atoms with E-state index in [1.165, 1.54) is 0 Å². The lowest BCUT2D eigenvalue weighted by Gasteiger charge is -2.28. The molecule has 0 aliphatic carbocycles. The van der Waals surface area contributed by atoms with Crippen LogP contribution in [0.1, 0.15) is 36.0 Å². The predicted molar refractivity (Wildman–Crippen MR) is 118 cm³/mol.